The van der Waals surface area contributed by atoms with Gasteiger partial charge in [-0.05, 0) is 78.5 Å². The zero-order valence-electron chi connectivity index (χ0n) is 19.9. The van der Waals surface area contributed by atoms with Crippen LogP contribution in [0.3, 0.4) is 0 Å². The van der Waals surface area contributed by atoms with Crippen molar-refractivity contribution < 1.29 is 14.3 Å². The number of para-hydroxylation sites is 2. The highest BCUT2D eigenvalue weighted by Crippen LogP contribution is 2.32. The Kier molecular flexibility index (Phi) is 7.69. The number of benzene rings is 4. The second-order valence-corrected chi connectivity index (χ2v) is 10.1. The molecule has 5 nitrogen and oxygen atoms in total. The zero-order valence-corrected chi connectivity index (χ0v) is 23.0. The topological polar surface area (TPSA) is 49.9 Å². The Balaban J connectivity index is 1.57. The molecule has 0 bridgehead atoms. The molecule has 5 rings (SSSR count). The van der Waals surface area contributed by atoms with Crippen LogP contribution in [0.1, 0.15) is 11.1 Å². The lowest BCUT2D eigenvalue weighted by molar-refractivity contribution is -0.120. The summed E-state index contributed by atoms with van der Waals surface area (Å²) in [7, 11) is 0. The molecular weight excluding hydrogens is 584 g/mol. The Bertz CT molecular complexity index is 1480. The molecule has 1 aliphatic rings. The van der Waals surface area contributed by atoms with Crippen LogP contribution in [0.15, 0.2) is 113 Å². The van der Waals surface area contributed by atoms with Crippen molar-refractivity contribution in [3.63, 3.8) is 0 Å². The van der Waals surface area contributed by atoms with Crippen molar-refractivity contribution in [3.8, 4) is 5.75 Å². The number of nitrogens with zero attached hydrogens (tertiary/aromatic N) is 2. The molecule has 0 atom stereocenters. The first-order valence-electron chi connectivity index (χ1n) is 11.6. The molecule has 1 fully saturated rings. The highest BCUT2D eigenvalue weighted by Gasteiger charge is 2.41. The monoisotopic (exact) mass is 602 g/mol. The molecule has 1 saturated heterocycles. The summed E-state index contributed by atoms with van der Waals surface area (Å²) >= 11 is 15.2. The Morgan fingerprint density at radius 3 is 1.89 bits per heavy atom. The predicted molar refractivity (Wildman–Crippen MR) is 158 cm³/mol. The number of hydrogen-bond donors (Lipinski definition) is 0. The van der Waals surface area contributed by atoms with Crippen LogP contribution >= 0.6 is 39.7 Å². The van der Waals surface area contributed by atoms with Gasteiger partial charge >= 0.3 is 0 Å². The van der Waals surface area contributed by atoms with Crippen molar-refractivity contribution in [1.82, 2.24) is 0 Å². The van der Waals surface area contributed by atoms with Gasteiger partial charge in [-0.15, -0.1) is 0 Å². The molecule has 0 saturated carbocycles. The summed E-state index contributed by atoms with van der Waals surface area (Å²) in [6.07, 6.45) is 1.56. The molecule has 0 aliphatic carbocycles. The molecule has 8 heteroatoms. The summed E-state index contributed by atoms with van der Waals surface area (Å²) < 4.78 is 6.86. The lowest BCUT2D eigenvalue weighted by Crippen LogP contribution is -2.56. The van der Waals surface area contributed by atoms with Gasteiger partial charge in [-0.1, -0.05) is 76.1 Å². The maximum absolute atomic E-state index is 13.8. The van der Waals surface area contributed by atoms with Gasteiger partial charge < -0.3 is 4.74 Å². The van der Waals surface area contributed by atoms with Gasteiger partial charge in [0.25, 0.3) is 11.8 Å². The average Bonchev–Trinajstić information content (AvgIpc) is 2.93. The summed E-state index contributed by atoms with van der Waals surface area (Å²) in [6.45, 7) is 0.285. The molecule has 0 aromatic heterocycles. The van der Waals surface area contributed by atoms with Crippen LogP contribution in [-0.4, -0.2) is 16.9 Å². The fourth-order valence-electron chi connectivity index (χ4n) is 4.00. The number of carbonyl (C=O) groups excluding carboxylic acids is 2. The first kappa shape index (κ1) is 25.9. The number of ether oxygens (including phenoxy) is 1. The maximum Gasteiger partial charge on any atom is 0.270 e. The fraction of sp³-hybridized carbons (Fsp3) is 0.0333. The third-order valence-corrected chi connectivity index (χ3v) is 6.97. The van der Waals surface area contributed by atoms with Gasteiger partial charge in [0.2, 0.25) is 0 Å². The van der Waals surface area contributed by atoms with E-state index in [1.54, 1.807) is 54.6 Å². The van der Waals surface area contributed by atoms with Crippen LogP contribution in [0.4, 0.5) is 11.4 Å². The first-order valence-corrected chi connectivity index (χ1v) is 13.2. The molecule has 2 amide bonds. The van der Waals surface area contributed by atoms with E-state index in [-0.39, 0.29) is 17.3 Å². The largest absolute Gasteiger partial charge is 0.488 e. The van der Waals surface area contributed by atoms with Gasteiger partial charge in [0.1, 0.15) is 17.9 Å². The van der Waals surface area contributed by atoms with E-state index in [9.17, 15) is 9.59 Å². The molecule has 38 heavy (non-hydrogen) atoms. The number of hydrogen-bond acceptors (Lipinski definition) is 4. The molecule has 188 valence electrons. The van der Waals surface area contributed by atoms with Gasteiger partial charge in [-0.25, -0.2) is 0 Å². The van der Waals surface area contributed by atoms with Gasteiger partial charge in [-0.2, -0.15) is 0 Å². The second kappa shape index (κ2) is 11.3. The van der Waals surface area contributed by atoms with E-state index in [1.165, 1.54) is 9.80 Å². The lowest BCUT2D eigenvalue weighted by atomic mass is 10.0. The molecular formula is C30H20BrClN2O3S. The van der Waals surface area contributed by atoms with Gasteiger partial charge in [-0.3, -0.25) is 19.4 Å². The summed E-state index contributed by atoms with van der Waals surface area (Å²) in [5, 5.41) is 0.726. The fourth-order valence-corrected chi connectivity index (χ4v) is 4.88. The van der Waals surface area contributed by atoms with Crippen LogP contribution < -0.4 is 14.5 Å². The van der Waals surface area contributed by atoms with Crippen LogP contribution in [0, 0.1) is 0 Å². The van der Waals surface area contributed by atoms with Crippen molar-refractivity contribution in [2.45, 2.75) is 6.61 Å². The van der Waals surface area contributed by atoms with E-state index in [1.807, 2.05) is 54.6 Å². The van der Waals surface area contributed by atoms with Crippen molar-refractivity contribution in [3.05, 3.63) is 129 Å². The number of anilines is 2. The van der Waals surface area contributed by atoms with E-state index in [2.05, 4.69) is 15.9 Å². The quantitative estimate of drug-likeness (QED) is 0.131. The maximum atomic E-state index is 13.8. The number of carbonyl (C=O) groups is 2. The van der Waals surface area contributed by atoms with Crippen molar-refractivity contribution in [1.29, 1.82) is 0 Å². The molecule has 1 heterocycles. The molecule has 4 aromatic carbocycles. The highest BCUT2D eigenvalue weighted by molar-refractivity contribution is 9.10. The zero-order chi connectivity index (χ0) is 26.6. The molecule has 1 aliphatic heterocycles. The normalized spacial score (nSPS) is 13.6. The Morgan fingerprint density at radius 1 is 0.789 bits per heavy atom. The lowest BCUT2D eigenvalue weighted by Gasteiger charge is -2.36. The van der Waals surface area contributed by atoms with Crippen LogP contribution in [-0.2, 0) is 16.2 Å². The standard InChI is InChI=1S/C30H20BrClN2O3S/c31-22-13-16-27(37-19-20-11-14-23(32)15-12-20)21(17-22)18-26-28(35)33(24-7-3-1-4-8-24)30(38)34(29(26)36)25-9-5-2-6-10-25/h1-18H,19H2. The number of rotatable bonds is 6. The van der Waals surface area contributed by atoms with E-state index in [4.69, 9.17) is 28.6 Å². The number of halogens is 2. The Hall–Kier alpha value is -3.78. The predicted octanol–water partition coefficient (Wildman–Crippen LogP) is 7.43. The minimum atomic E-state index is -0.512. The summed E-state index contributed by atoms with van der Waals surface area (Å²) in [5.74, 6) is -0.508. The van der Waals surface area contributed by atoms with Crippen molar-refractivity contribution >= 4 is 74.1 Å². The molecule has 0 radical (unpaired) electrons. The molecule has 4 aromatic rings. The summed E-state index contributed by atoms with van der Waals surface area (Å²) in [6, 6.07) is 30.9. The summed E-state index contributed by atoms with van der Waals surface area (Å²) in [5.41, 5.74) is 2.58. The minimum absolute atomic E-state index is 0.0410. The molecule has 0 unspecified atom stereocenters. The van der Waals surface area contributed by atoms with Crippen LogP contribution in [0.2, 0.25) is 5.02 Å². The second-order valence-electron chi connectivity index (χ2n) is 8.39. The molecule has 0 spiro atoms. The third-order valence-electron chi connectivity index (χ3n) is 5.86. The van der Waals surface area contributed by atoms with Gasteiger partial charge in [0.05, 0.1) is 11.4 Å². The van der Waals surface area contributed by atoms with E-state index < -0.39 is 11.8 Å². The highest BCUT2D eigenvalue weighted by atomic mass is 79.9. The van der Waals surface area contributed by atoms with Crippen molar-refractivity contribution in [2.75, 3.05) is 9.80 Å². The number of thiocarbonyl (C=S) groups is 1. The van der Waals surface area contributed by atoms with Crippen molar-refractivity contribution in [2.24, 2.45) is 0 Å². The van der Waals surface area contributed by atoms with E-state index in [0.717, 1.165) is 10.0 Å². The smallest absolute Gasteiger partial charge is 0.270 e. The Morgan fingerprint density at radius 2 is 1.34 bits per heavy atom. The van der Waals surface area contributed by atoms with Gasteiger partial charge in [0, 0.05) is 15.1 Å². The number of amides is 2. The summed E-state index contributed by atoms with van der Waals surface area (Å²) in [4.78, 5) is 30.3. The minimum Gasteiger partial charge on any atom is -0.488 e. The Labute approximate surface area is 239 Å². The SMILES string of the molecule is O=C1C(=Cc2cc(Br)ccc2OCc2ccc(Cl)cc2)C(=O)N(c2ccccc2)C(=S)N1c1ccccc1. The first-order chi connectivity index (χ1) is 18.4. The van der Waals surface area contributed by atoms with E-state index in [0.29, 0.717) is 27.7 Å². The van der Waals surface area contributed by atoms with Crippen LogP contribution in [0.25, 0.3) is 6.08 Å². The van der Waals surface area contributed by atoms with Crippen LogP contribution in [0.5, 0.6) is 5.75 Å². The average molecular weight is 604 g/mol. The van der Waals surface area contributed by atoms with E-state index >= 15 is 0 Å². The van der Waals surface area contributed by atoms with Gasteiger partial charge in [0.15, 0.2) is 5.11 Å². The molecule has 0 N–H and O–H groups in total. The third kappa shape index (κ3) is 5.41.